The minimum absolute atomic E-state index is 0.00341. The zero-order valence-electron chi connectivity index (χ0n) is 17.8. The summed E-state index contributed by atoms with van der Waals surface area (Å²) in [7, 11) is 1.46. The average Bonchev–Trinajstić information content (AvgIpc) is 2.82. The van der Waals surface area contributed by atoms with E-state index in [2.05, 4.69) is 6.07 Å². The van der Waals surface area contributed by atoms with Crippen LogP contribution in [-0.2, 0) is 6.61 Å². The standard InChI is InChI=1S/C24H18ClN3O6/c1-32-21-9-14(22-17-7-6-16(29)10-20(17)34-24(27)18(22)11-26)8-19(25)23(21)33-12-13-2-4-15(5-3-13)28(30)31/h2-10,22,29H,12,27H2,1H3/t22-/m0/s1. The molecule has 0 spiro atoms. The fourth-order valence-electron chi connectivity index (χ4n) is 3.70. The molecule has 9 nitrogen and oxygen atoms in total. The molecule has 1 heterocycles. The topological polar surface area (TPSA) is 141 Å². The molecule has 1 atom stereocenters. The Hall–Kier alpha value is -4.42. The van der Waals surface area contributed by atoms with Crippen LogP contribution in [0.3, 0.4) is 0 Å². The molecule has 1 aliphatic heterocycles. The first kappa shape index (κ1) is 22.8. The maximum Gasteiger partial charge on any atom is 0.269 e. The van der Waals surface area contributed by atoms with Gasteiger partial charge in [0.15, 0.2) is 11.5 Å². The van der Waals surface area contributed by atoms with E-state index in [1.54, 1.807) is 30.3 Å². The summed E-state index contributed by atoms with van der Waals surface area (Å²) in [6, 6.07) is 16.0. The normalized spacial score (nSPS) is 14.6. The van der Waals surface area contributed by atoms with Gasteiger partial charge in [-0.3, -0.25) is 10.1 Å². The van der Waals surface area contributed by atoms with E-state index >= 15 is 0 Å². The maximum absolute atomic E-state index is 10.8. The number of fused-ring (bicyclic) bond motifs is 1. The molecular formula is C24H18ClN3O6. The second-order valence-electron chi connectivity index (χ2n) is 7.39. The van der Waals surface area contributed by atoms with E-state index in [4.69, 9.17) is 31.5 Å². The largest absolute Gasteiger partial charge is 0.508 e. The number of ether oxygens (including phenoxy) is 3. The summed E-state index contributed by atoms with van der Waals surface area (Å²) in [5, 5.41) is 30.6. The summed E-state index contributed by atoms with van der Waals surface area (Å²) in [6.07, 6.45) is 0. The van der Waals surface area contributed by atoms with Crippen LogP contribution in [0.25, 0.3) is 0 Å². The molecule has 0 aliphatic carbocycles. The molecule has 0 amide bonds. The summed E-state index contributed by atoms with van der Waals surface area (Å²) in [4.78, 5) is 10.4. The number of methoxy groups -OCH3 is 1. The van der Waals surface area contributed by atoms with Gasteiger partial charge in [-0.15, -0.1) is 0 Å². The maximum atomic E-state index is 10.8. The van der Waals surface area contributed by atoms with Gasteiger partial charge in [0.25, 0.3) is 5.69 Å². The fraction of sp³-hybridized carbons (Fsp3) is 0.125. The Morgan fingerprint density at radius 3 is 2.62 bits per heavy atom. The summed E-state index contributed by atoms with van der Waals surface area (Å²) < 4.78 is 16.9. The first-order valence-electron chi connectivity index (χ1n) is 9.96. The Morgan fingerprint density at radius 2 is 1.97 bits per heavy atom. The van der Waals surface area contributed by atoms with E-state index in [1.807, 2.05) is 0 Å². The highest BCUT2D eigenvalue weighted by atomic mass is 35.5. The number of hydrogen-bond acceptors (Lipinski definition) is 8. The third-order valence-electron chi connectivity index (χ3n) is 5.32. The molecule has 0 bridgehead atoms. The van der Waals surface area contributed by atoms with Crippen LogP contribution in [0.2, 0.25) is 5.02 Å². The molecule has 0 unspecified atom stereocenters. The molecule has 0 saturated carbocycles. The van der Waals surface area contributed by atoms with Gasteiger partial charge in [-0.25, -0.2) is 0 Å². The number of nitrogens with two attached hydrogens (primary N) is 1. The Kier molecular flexibility index (Phi) is 6.17. The molecule has 172 valence electrons. The first-order chi connectivity index (χ1) is 16.3. The smallest absolute Gasteiger partial charge is 0.269 e. The molecule has 3 N–H and O–H groups in total. The average molecular weight is 480 g/mol. The Bertz CT molecular complexity index is 1350. The molecule has 4 rings (SSSR count). The number of halogens is 1. The number of nitriles is 1. The zero-order valence-corrected chi connectivity index (χ0v) is 18.6. The minimum Gasteiger partial charge on any atom is -0.508 e. The van der Waals surface area contributed by atoms with Crippen molar-refractivity contribution in [3.63, 3.8) is 0 Å². The van der Waals surface area contributed by atoms with Crippen molar-refractivity contribution in [2.75, 3.05) is 7.11 Å². The van der Waals surface area contributed by atoms with Crippen molar-refractivity contribution in [1.29, 1.82) is 5.26 Å². The van der Waals surface area contributed by atoms with Crippen molar-refractivity contribution in [2.24, 2.45) is 5.73 Å². The monoisotopic (exact) mass is 479 g/mol. The summed E-state index contributed by atoms with van der Waals surface area (Å²) >= 11 is 6.55. The van der Waals surface area contributed by atoms with Gasteiger partial charge in [0.1, 0.15) is 29.7 Å². The first-order valence-corrected chi connectivity index (χ1v) is 10.3. The highest BCUT2D eigenvalue weighted by Gasteiger charge is 2.32. The SMILES string of the molecule is COc1cc([C@@H]2C(C#N)=C(N)Oc3cc(O)ccc32)cc(Cl)c1OCc1ccc([N+](=O)[O-])cc1. The van der Waals surface area contributed by atoms with E-state index in [1.165, 1.54) is 31.4 Å². The summed E-state index contributed by atoms with van der Waals surface area (Å²) in [5.74, 6) is 0.252. The lowest BCUT2D eigenvalue weighted by molar-refractivity contribution is -0.384. The third kappa shape index (κ3) is 4.27. The third-order valence-corrected chi connectivity index (χ3v) is 5.60. The lowest BCUT2D eigenvalue weighted by Crippen LogP contribution is -2.21. The van der Waals surface area contributed by atoms with Crippen LogP contribution in [0.5, 0.6) is 23.0 Å². The van der Waals surface area contributed by atoms with Crippen molar-refractivity contribution >= 4 is 17.3 Å². The van der Waals surface area contributed by atoms with Crippen LogP contribution in [0.1, 0.15) is 22.6 Å². The molecule has 0 fully saturated rings. The van der Waals surface area contributed by atoms with Gasteiger partial charge >= 0.3 is 0 Å². The van der Waals surface area contributed by atoms with Crippen LogP contribution in [0.15, 0.2) is 66.1 Å². The molecule has 0 saturated heterocycles. The number of phenolic OH excluding ortho intramolecular Hbond substituents is 1. The number of rotatable bonds is 6. The van der Waals surface area contributed by atoms with Gasteiger partial charge in [0.2, 0.25) is 5.88 Å². The summed E-state index contributed by atoms with van der Waals surface area (Å²) in [5.41, 5.74) is 8.09. The van der Waals surface area contributed by atoms with E-state index in [0.717, 1.165) is 0 Å². The zero-order chi connectivity index (χ0) is 24.4. The van der Waals surface area contributed by atoms with Gasteiger partial charge in [-0.2, -0.15) is 5.26 Å². The van der Waals surface area contributed by atoms with Crippen LogP contribution in [-0.4, -0.2) is 17.1 Å². The molecular weight excluding hydrogens is 462 g/mol. The second kappa shape index (κ2) is 9.21. The molecule has 1 aliphatic rings. The lowest BCUT2D eigenvalue weighted by atomic mass is 9.83. The van der Waals surface area contributed by atoms with Crippen LogP contribution < -0.4 is 19.9 Å². The number of hydrogen-bond donors (Lipinski definition) is 2. The Labute approximate surface area is 199 Å². The van der Waals surface area contributed by atoms with Crippen molar-refractivity contribution in [2.45, 2.75) is 12.5 Å². The van der Waals surface area contributed by atoms with Crippen molar-refractivity contribution in [3.8, 4) is 29.1 Å². The molecule has 0 radical (unpaired) electrons. The van der Waals surface area contributed by atoms with E-state index in [-0.39, 0.29) is 40.3 Å². The number of allylic oxidation sites excluding steroid dienone is 1. The lowest BCUT2D eigenvalue weighted by Gasteiger charge is -2.27. The Balaban J connectivity index is 1.69. The number of non-ortho nitro benzene ring substituents is 1. The summed E-state index contributed by atoms with van der Waals surface area (Å²) in [6.45, 7) is 0.100. The van der Waals surface area contributed by atoms with Gasteiger partial charge in [-0.05, 0) is 41.5 Å². The number of aromatic hydroxyl groups is 1. The van der Waals surface area contributed by atoms with Gasteiger partial charge in [0.05, 0.1) is 23.0 Å². The number of benzene rings is 3. The fourth-order valence-corrected chi connectivity index (χ4v) is 3.98. The molecule has 10 heteroatoms. The number of nitro benzene ring substituents is 1. The molecule has 34 heavy (non-hydrogen) atoms. The van der Waals surface area contributed by atoms with Gasteiger partial charge in [-0.1, -0.05) is 17.7 Å². The van der Waals surface area contributed by atoms with Gasteiger partial charge in [0, 0.05) is 23.8 Å². The second-order valence-corrected chi connectivity index (χ2v) is 7.80. The number of phenols is 1. The molecule has 3 aromatic rings. The minimum atomic E-state index is -0.607. The predicted octanol–water partition coefficient (Wildman–Crippen LogP) is 4.76. The van der Waals surface area contributed by atoms with Crippen LogP contribution in [0, 0.1) is 21.4 Å². The predicted molar refractivity (Wildman–Crippen MR) is 123 cm³/mol. The van der Waals surface area contributed by atoms with E-state index < -0.39 is 10.8 Å². The van der Waals surface area contributed by atoms with E-state index in [9.17, 15) is 20.5 Å². The highest BCUT2D eigenvalue weighted by molar-refractivity contribution is 6.32. The van der Waals surface area contributed by atoms with E-state index in [0.29, 0.717) is 28.2 Å². The van der Waals surface area contributed by atoms with Crippen LogP contribution in [0.4, 0.5) is 5.69 Å². The number of nitro groups is 1. The van der Waals surface area contributed by atoms with Crippen molar-refractivity contribution < 1.29 is 24.2 Å². The van der Waals surface area contributed by atoms with Crippen molar-refractivity contribution in [3.05, 3.63) is 97.9 Å². The van der Waals surface area contributed by atoms with Crippen LogP contribution >= 0.6 is 11.6 Å². The number of nitrogens with zero attached hydrogens (tertiary/aromatic N) is 2. The Morgan fingerprint density at radius 1 is 1.24 bits per heavy atom. The quantitative estimate of drug-likeness (QED) is 0.380. The molecule has 0 aromatic heterocycles. The van der Waals surface area contributed by atoms with Gasteiger partial charge < -0.3 is 25.1 Å². The van der Waals surface area contributed by atoms with Crippen molar-refractivity contribution in [1.82, 2.24) is 0 Å². The highest BCUT2D eigenvalue weighted by Crippen LogP contribution is 2.47. The molecule has 3 aromatic carbocycles.